The molecule has 32 heavy (non-hydrogen) atoms. The van der Waals surface area contributed by atoms with E-state index in [1.165, 1.54) is 4.88 Å². The molecule has 1 aliphatic heterocycles. The number of halogens is 2. The van der Waals surface area contributed by atoms with Crippen LogP contribution >= 0.6 is 38.9 Å². The highest BCUT2D eigenvalue weighted by Crippen LogP contribution is 2.38. The number of benzene rings is 2. The molecule has 4 nitrogen and oxygen atoms in total. The summed E-state index contributed by atoms with van der Waals surface area (Å²) in [6, 6.07) is 16.8. The molecule has 0 saturated carbocycles. The Morgan fingerprint density at radius 1 is 1.16 bits per heavy atom. The Bertz CT molecular complexity index is 1130. The molecule has 1 atom stereocenters. The zero-order chi connectivity index (χ0) is 22.8. The van der Waals surface area contributed by atoms with E-state index in [-0.39, 0.29) is 30.4 Å². The maximum atomic E-state index is 13.6. The minimum Gasteiger partial charge on any atom is -0.330 e. The van der Waals surface area contributed by atoms with Gasteiger partial charge in [0.15, 0.2) is 0 Å². The van der Waals surface area contributed by atoms with Crippen molar-refractivity contribution in [1.29, 1.82) is 0 Å². The van der Waals surface area contributed by atoms with Crippen molar-refractivity contribution < 1.29 is 9.59 Å². The van der Waals surface area contributed by atoms with Crippen LogP contribution in [-0.4, -0.2) is 40.7 Å². The molecule has 0 aliphatic carbocycles. The van der Waals surface area contributed by atoms with Crippen molar-refractivity contribution in [3.63, 3.8) is 0 Å². The van der Waals surface area contributed by atoms with Gasteiger partial charge in [0, 0.05) is 27.0 Å². The SMILES string of the molecule is CC(C)N(CC(=O)N1CCc2sccc2C1c1ccc(Cl)cc1)C(=O)c1ccccc1Br. The molecule has 0 N–H and O–H groups in total. The van der Waals surface area contributed by atoms with Crippen LogP contribution in [0, 0.1) is 0 Å². The fourth-order valence-electron chi connectivity index (χ4n) is 4.10. The average molecular weight is 532 g/mol. The maximum Gasteiger partial charge on any atom is 0.255 e. The highest BCUT2D eigenvalue weighted by Gasteiger charge is 2.34. The predicted octanol–water partition coefficient (Wildman–Crippen LogP) is 6.19. The second-order valence-corrected chi connectivity index (χ2v) is 10.4. The maximum absolute atomic E-state index is 13.6. The molecule has 0 radical (unpaired) electrons. The summed E-state index contributed by atoms with van der Waals surface area (Å²) in [5.41, 5.74) is 2.74. The fourth-order valence-corrected chi connectivity index (χ4v) is 5.59. The summed E-state index contributed by atoms with van der Waals surface area (Å²) in [7, 11) is 0. The molecule has 3 aromatic rings. The van der Waals surface area contributed by atoms with E-state index in [1.807, 2.05) is 61.2 Å². The Morgan fingerprint density at radius 2 is 1.88 bits per heavy atom. The topological polar surface area (TPSA) is 40.6 Å². The second-order valence-electron chi connectivity index (χ2n) is 8.10. The monoisotopic (exact) mass is 530 g/mol. The van der Waals surface area contributed by atoms with E-state index in [0.29, 0.717) is 17.1 Å². The summed E-state index contributed by atoms with van der Waals surface area (Å²) in [6.07, 6.45) is 0.822. The van der Waals surface area contributed by atoms with Crippen molar-refractivity contribution in [2.45, 2.75) is 32.4 Å². The first-order valence-electron chi connectivity index (χ1n) is 10.5. The van der Waals surface area contributed by atoms with Gasteiger partial charge in [-0.3, -0.25) is 9.59 Å². The van der Waals surface area contributed by atoms with Crippen LogP contribution in [0.5, 0.6) is 0 Å². The van der Waals surface area contributed by atoms with Crippen LogP contribution in [0.3, 0.4) is 0 Å². The minimum atomic E-state index is -0.178. The van der Waals surface area contributed by atoms with Crippen LogP contribution in [0.25, 0.3) is 0 Å². The van der Waals surface area contributed by atoms with E-state index in [9.17, 15) is 9.59 Å². The van der Waals surface area contributed by atoms with E-state index in [1.54, 1.807) is 22.3 Å². The molecule has 4 rings (SSSR count). The molecular weight excluding hydrogens is 508 g/mol. The van der Waals surface area contributed by atoms with Gasteiger partial charge in [-0.15, -0.1) is 11.3 Å². The Hall–Kier alpha value is -2.15. The number of fused-ring (bicyclic) bond motifs is 1. The van der Waals surface area contributed by atoms with Gasteiger partial charge in [0.2, 0.25) is 5.91 Å². The van der Waals surface area contributed by atoms with Gasteiger partial charge in [0.05, 0.1) is 11.6 Å². The third kappa shape index (κ3) is 4.63. The van der Waals surface area contributed by atoms with Crippen LogP contribution in [0.2, 0.25) is 5.02 Å². The summed E-state index contributed by atoms with van der Waals surface area (Å²) in [5.74, 6) is -0.215. The quantitative estimate of drug-likeness (QED) is 0.394. The normalized spacial score (nSPS) is 15.5. The number of hydrogen-bond donors (Lipinski definition) is 0. The smallest absolute Gasteiger partial charge is 0.255 e. The van der Waals surface area contributed by atoms with Gasteiger partial charge in [-0.25, -0.2) is 0 Å². The van der Waals surface area contributed by atoms with E-state index in [0.717, 1.165) is 22.0 Å². The standard InChI is InChI=1S/C25H24BrClN2O2S/c1-16(2)29(25(31)19-5-3-4-6-21(19)26)15-23(30)28-13-11-22-20(12-14-32-22)24(28)17-7-9-18(27)10-8-17/h3-10,12,14,16,24H,11,13,15H2,1-2H3. The highest BCUT2D eigenvalue weighted by atomic mass is 79.9. The van der Waals surface area contributed by atoms with Crippen molar-refractivity contribution in [3.05, 3.63) is 91.0 Å². The van der Waals surface area contributed by atoms with Gasteiger partial charge >= 0.3 is 0 Å². The first kappa shape index (κ1) is 23.0. The van der Waals surface area contributed by atoms with Gasteiger partial charge in [-0.05, 0) is 83.0 Å². The van der Waals surface area contributed by atoms with Crippen molar-refractivity contribution >= 4 is 50.7 Å². The molecule has 2 amide bonds. The Balaban J connectivity index is 1.63. The molecule has 0 spiro atoms. The summed E-state index contributed by atoms with van der Waals surface area (Å²) in [5, 5.41) is 2.75. The number of rotatable bonds is 5. The van der Waals surface area contributed by atoms with Gasteiger partial charge in [-0.1, -0.05) is 35.9 Å². The van der Waals surface area contributed by atoms with Crippen LogP contribution in [0.1, 0.15) is 46.3 Å². The molecule has 2 aromatic carbocycles. The number of carbonyl (C=O) groups excluding carboxylic acids is 2. The molecular formula is C25H24BrClN2O2S. The summed E-state index contributed by atoms with van der Waals surface area (Å²) >= 11 is 11.3. The third-order valence-corrected chi connectivity index (χ3v) is 7.71. The minimum absolute atomic E-state index is 0.0292. The average Bonchev–Trinajstić information content (AvgIpc) is 3.26. The van der Waals surface area contributed by atoms with Gasteiger partial charge in [-0.2, -0.15) is 0 Å². The largest absolute Gasteiger partial charge is 0.330 e. The van der Waals surface area contributed by atoms with Crippen LogP contribution in [0.4, 0.5) is 0 Å². The van der Waals surface area contributed by atoms with Gasteiger partial charge in [0.25, 0.3) is 5.91 Å². The lowest BCUT2D eigenvalue weighted by molar-refractivity contribution is -0.134. The summed E-state index contributed by atoms with van der Waals surface area (Å²) in [6.45, 7) is 4.52. The Labute approximate surface area is 205 Å². The van der Waals surface area contributed by atoms with Crippen LogP contribution in [0.15, 0.2) is 64.5 Å². The molecule has 0 saturated heterocycles. The number of nitrogens with zero attached hydrogens (tertiary/aromatic N) is 2. The van der Waals surface area contributed by atoms with E-state index in [2.05, 4.69) is 27.4 Å². The van der Waals surface area contributed by atoms with Gasteiger partial charge < -0.3 is 9.80 Å². The molecule has 1 unspecified atom stereocenters. The lowest BCUT2D eigenvalue weighted by Crippen LogP contribution is -2.48. The van der Waals surface area contributed by atoms with Crippen LogP contribution < -0.4 is 0 Å². The molecule has 1 aliphatic rings. The fraction of sp³-hybridized carbons (Fsp3) is 0.280. The lowest BCUT2D eigenvalue weighted by atomic mass is 9.93. The first-order chi connectivity index (χ1) is 15.4. The Morgan fingerprint density at radius 3 is 2.56 bits per heavy atom. The number of thiophene rings is 1. The first-order valence-corrected chi connectivity index (χ1v) is 12.6. The zero-order valence-corrected chi connectivity index (χ0v) is 21.1. The molecule has 1 aromatic heterocycles. The molecule has 166 valence electrons. The molecule has 7 heteroatoms. The number of carbonyl (C=O) groups is 2. The third-order valence-electron chi connectivity index (χ3n) is 5.77. The van der Waals surface area contributed by atoms with E-state index >= 15 is 0 Å². The molecule has 0 fully saturated rings. The van der Waals surface area contributed by atoms with Crippen molar-refractivity contribution in [3.8, 4) is 0 Å². The summed E-state index contributed by atoms with van der Waals surface area (Å²) < 4.78 is 0.725. The van der Waals surface area contributed by atoms with Crippen molar-refractivity contribution in [1.82, 2.24) is 9.80 Å². The van der Waals surface area contributed by atoms with E-state index in [4.69, 9.17) is 11.6 Å². The Kier molecular flexibility index (Phi) is 7.03. The molecule has 0 bridgehead atoms. The number of hydrogen-bond acceptors (Lipinski definition) is 3. The second kappa shape index (κ2) is 9.77. The number of amides is 2. The van der Waals surface area contributed by atoms with Crippen molar-refractivity contribution in [2.75, 3.05) is 13.1 Å². The lowest BCUT2D eigenvalue weighted by Gasteiger charge is -2.38. The molecule has 2 heterocycles. The van der Waals surface area contributed by atoms with Gasteiger partial charge in [0.1, 0.15) is 6.54 Å². The zero-order valence-electron chi connectivity index (χ0n) is 17.9. The van der Waals surface area contributed by atoms with E-state index < -0.39 is 0 Å². The predicted molar refractivity (Wildman–Crippen MR) is 133 cm³/mol. The van der Waals surface area contributed by atoms with Crippen LogP contribution in [-0.2, 0) is 11.2 Å². The highest BCUT2D eigenvalue weighted by molar-refractivity contribution is 9.10. The van der Waals surface area contributed by atoms with Crippen molar-refractivity contribution in [2.24, 2.45) is 0 Å². The summed E-state index contributed by atoms with van der Waals surface area (Å²) in [4.78, 5) is 31.7.